The summed E-state index contributed by atoms with van der Waals surface area (Å²) in [5.41, 5.74) is 1.33. The molecule has 0 atom stereocenters. The number of anilines is 1. The third kappa shape index (κ3) is 4.67. The van der Waals surface area contributed by atoms with Gasteiger partial charge >= 0.3 is 0 Å². The minimum atomic E-state index is 0.325. The fourth-order valence-electron chi connectivity index (χ4n) is 2.46. The van der Waals surface area contributed by atoms with E-state index in [1.54, 1.807) is 0 Å². The molecule has 2 heterocycles. The van der Waals surface area contributed by atoms with Gasteiger partial charge in [0.25, 0.3) is 0 Å². The summed E-state index contributed by atoms with van der Waals surface area (Å²) in [7, 11) is 0. The first-order valence-electron chi connectivity index (χ1n) is 7.51. The monoisotopic (exact) mass is 293 g/mol. The molecule has 0 radical (unpaired) electrons. The van der Waals surface area contributed by atoms with Crippen LogP contribution in [0.4, 0.5) is 5.82 Å². The van der Waals surface area contributed by atoms with Crippen LogP contribution in [0.3, 0.4) is 0 Å². The van der Waals surface area contributed by atoms with Gasteiger partial charge in [-0.1, -0.05) is 13.8 Å². The van der Waals surface area contributed by atoms with Crippen molar-refractivity contribution in [1.29, 1.82) is 0 Å². The molecular weight excluding hydrogens is 266 g/mol. The van der Waals surface area contributed by atoms with Crippen LogP contribution in [0, 0.1) is 5.92 Å². The van der Waals surface area contributed by atoms with E-state index >= 15 is 0 Å². The fourth-order valence-corrected chi connectivity index (χ4v) is 3.57. The maximum atomic E-state index is 4.56. The molecule has 0 aromatic carbocycles. The Morgan fingerprint density at radius 2 is 2.25 bits per heavy atom. The van der Waals surface area contributed by atoms with Crippen LogP contribution >= 0.6 is 11.8 Å². The normalized spacial score (nSPS) is 18.6. The van der Waals surface area contributed by atoms with Gasteiger partial charge in [-0.15, -0.1) is 0 Å². The summed E-state index contributed by atoms with van der Waals surface area (Å²) in [6.07, 6.45) is 1.94. The summed E-state index contributed by atoms with van der Waals surface area (Å²) in [5, 5.41) is 3.50. The second-order valence-corrected chi connectivity index (χ2v) is 8.38. The van der Waals surface area contributed by atoms with Gasteiger partial charge in [-0.25, -0.2) is 4.98 Å². The summed E-state index contributed by atoms with van der Waals surface area (Å²) < 4.78 is 0.325. The molecule has 0 bridgehead atoms. The lowest BCUT2D eigenvalue weighted by molar-refractivity contribution is 0.552. The van der Waals surface area contributed by atoms with Gasteiger partial charge in [0.15, 0.2) is 0 Å². The van der Waals surface area contributed by atoms with Crippen molar-refractivity contribution in [2.24, 2.45) is 5.92 Å². The largest absolute Gasteiger partial charge is 0.354 e. The van der Waals surface area contributed by atoms with Crippen LogP contribution in [0.5, 0.6) is 0 Å². The van der Waals surface area contributed by atoms with Crippen molar-refractivity contribution in [2.75, 3.05) is 30.3 Å². The number of aromatic nitrogens is 1. The standard InChI is InChI=1S/C16H27N3S/c1-13(2)10-17-11-14-5-6-18-15(9-14)19-7-8-20-16(3,4)12-19/h5-6,9,13,17H,7-8,10-12H2,1-4H3. The number of hydrogen-bond donors (Lipinski definition) is 1. The van der Waals surface area contributed by atoms with Crippen molar-refractivity contribution in [3.05, 3.63) is 23.9 Å². The Labute approximate surface area is 127 Å². The lowest BCUT2D eigenvalue weighted by Gasteiger charge is -2.38. The molecule has 0 saturated carbocycles. The predicted molar refractivity (Wildman–Crippen MR) is 89.5 cm³/mol. The van der Waals surface area contributed by atoms with Crippen LogP contribution < -0.4 is 10.2 Å². The van der Waals surface area contributed by atoms with Gasteiger partial charge in [0.05, 0.1) is 0 Å². The van der Waals surface area contributed by atoms with E-state index in [-0.39, 0.29) is 0 Å². The molecule has 3 nitrogen and oxygen atoms in total. The summed E-state index contributed by atoms with van der Waals surface area (Å²) in [6, 6.07) is 4.35. The van der Waals surface area contributed by atoms with Crippen LogP contribution in [-0.2, 0) is 6.54 Å². The van der Waals surface area contributed by atoms with E-state index in [2.05, 4.69) is 66.8 Å². The van der Waals surface area contributed by atoms with E-state index in [1.165, 1.54) is 11.3 Å². The molecule has 2 rings (SSSR count). The lowest BCUT2D eigenvalue weighted by Crippen LogP contribution is -2.43. The Balaban J connectivity index is 1.98. The molecule has 0 unspecified atom stereocenters. The SMILES string of the molecule is CC(C)CNCc1ccnc(N2CCSC(C)(C)C2)c1. The predicted octanol–water partition coefficient (Wildman–Crippen LogP) is 3.16. The first-order chi connectivity index (χ1) is 9.46. The van der Waals surface area contributed by atoms with Crippen LogP contribution in [0.1, 0.15) is 33.3 Å². The third-order valence-electron chi connectivity index (χ3n) is 3.44. The van der Waals surface area contributed by atoms with Crippen molar-refractivity contribution in [3.8, 4) is 0 Å². The van der Waals surface area contributed by atoms with Crippen molar-refractivity contribution < 1.29 is 0 Å². The van der Waals surface area contributed by atoms with Gasteiger partial charge in [-0.05, 0) is 44.0 Å². The molecule has 0 spiro atoms. The molecule has 1 aromatic heterocycles. The van der Waals surface area contributed by atoms with Gasteiger partial charge in [0.1, 0.15) is 5.82 Å². The summed E-state index contributed by atoms with van der Waals surface area (Å²) in [6.45, 7) is 13.3. The second kappa shape index (κ2) is 6.81. The highest BCUT2D eigenvalue weighted by Crippen LogP contribution is 2.31. The molecule has 1 aliphatic rings. The summed E-state index contributed by atoms with van der Waals surface area (Å²) in [4.78, 5) is 6.98. The highest BCUT2D eigenvalue weighted by atomic mass is 32.2. The lowest BCUT2D eigenvalue weighted by atomic mass is 10.1. The Hall–Kier alpha value is -0.740. The van der Waals surface area contributed by atoms with E-state index in [1.807, 2.05) is 6.20 Å². The van der Waals surface area contributed by atoms with Crippen molar-refractivity contribution in [1.82, 2.24) is 10.3 Å². The van der Waals surface area contributed by atoms with Crippen LogP contribution in [0.15, 0.2) is 18.3 Å². The van der Waals surface area contributed by atoms with Gasteiger partial charge in [-0.3, -0.25) is 0 Å². The average molecular weight is 293 g/mol. The maximum Gasteiger partial charge on any atom is 0.128 e. The van der Waals surface area contributed by atoms with Gasteiger partial charge in [-0.2, -0.15) is 11.8 Å². The number of pyridine rings is 1. The number of hydrogen-bond acceptors (Lipinski definition) is 4. The molecule has 1 aromatic rings. The van der Waals surface area contributed by atoms with Crippen molar-refractivity contribution in [2.45, 2.75) is 39.0 Å². The van der Waals surface area contributed by atoms with Gasteiger partial charge in [0.2, 0.25) is 0 Å². The molecule has 112 valence electrons. The van der Waals surface area contributed by atoms with Crippen LogP contribution in [0.25, 0.3) is 0 Å². The molecule has 4 heteroatoms. The Kier molecular flexibility index (Phi) is 5.33. The highest BCUT2D eigenvalue weighted by Gasteiger charge is 2.27. The van der Waals surface area contributed by atoms with E-state index in [0.29, 0.717) is 10.7 Å². The zero-order chi connectivity index (χ0) is 14.6. The first kappa shape index (κ1) is 15.6. The highest BCUT2D eigenvalue weighted by molar-refractivity contribution is 8.00. The average Bonchev–Trinajstić information content (AvgIpc) is 2.37. The fraction of sp³-hybridized carbons (Fsp3) is 0.688. The molecule has 20 heavy (non-hydrogen) atoms. The number of nitrogens with one attached hydrogen (secondary N) is 1. The number of thioether (sulfide) groups is 1. The first-order valence-corrected chi connectivity index (χ1v) is 8.49. The molecule has 1 aliphatic heterocycles. The van der Waals surface area contributed by atoms with Gasteiger partial charge in [0, 0.05) is 36.3 Å². The molecule has 1 saturated heterocycles. The summed E-state index contributed by atoms with van der Waals surface area (Å²) in [5.74, 6) is 3.00. The summed E-state index contributed by atoms with van der Waals surface area (Å²) >= 11 is 2.06. The number of nitrogens with zero attached hydrogens (tertiary/aromatic N) is 2. The molecular formula is C16H27N3S. The van der Waals surface area contributed by atoms with Crippen LogP contribution in [0.2, 0.25) is 0 Å². The Morgan fingerprint density at radius 1 is 1.45 bits per heavy atom. The van der Waals surface area contributed by atoms with E-state index in [4.69, 9.17) is 0 Å². The Morgan fingerprint density at radius 3 is 2.95 bits per heavy atom. The van der Waals surface area contributed by atoms with E-state index in [0.717, 1.165) is 32.0 Å². The zero-order valence-electron chi connectivity index (χ0n) is 13.1. The third-order valence-corrected chi connectivity index (χ3v) is 4.74. The minimum absolute atomic E-state index is 0.325. The smallest absolute Gasteiger partial charge is 0.128 e. The second-order valence-electron chi connectivity index (χ2n) is 6.58. The van der Waals surface area contributed by atoms with E-state index in [9.17, 15) is 0 Å². The zero-order valence-corrected chi connectivity index (χ0v) is 14.0. The van der Waals surface area contributed by atoms with E-state index < -0.39 is 0 Å². The van der Waals surface area contributed by atoms with Crippen LogP contribution in [-0.4, -0.2) is 35.1 Å². The molecule has 1 fully saturated rings. The maximum absolute atomic E-state index is 4.56. The minimum Gasteiger partial charge on any atom is -0.354 e. The molecule has 0 amide bonds. The molecule has 1 N–H and O–H groups in total. The molecule has 0 aliphatic carbocycles. The van der Waals surface area contributed by atoms with Gasteiger partial charge < -0.3 is 10.2 Å². The number of rotatable bonds is 5. The van der Waals surface area contributed by atoms with Crippen molar-refractivity contribution in [3.63, 3.8) is 0 Å². The topological polar surface area (TPSA) is 28.2 Å². The Bertz CT molecular complexity index is 431. The quantitative estimate of drug-likeness (QED) is 0.902. The van der Waals surface area contributed by atoms with Crippen molar-refractivity contribution >= 4 is 17.6 Å².